The van der Waals surface area contributed by atoms with E-state index >= 15 is 0 Å². The van der Waals surface area contributed by atoms with Crippen molar-refractivity contribution < 1.29 is 4.74 Å². The topological polar surface area (TPSA) is 47.0 Å². The van der Waals surface area contributed by atoms with E-state index in [1.54, 1.807) is 17.7 Å². The highest BCUT2D eigenvalue weighted by Gasteiger charge is 2.15. The molecule has 1 aliphatic rings. The Kier molecular flexibility index (Phi) is 3.43. The van der Waals surface area contributed by atoms with Crippen molar-refractivity contribution in [2.45, 2.75) is 19.8 Å². The fourth-order valence-corrected chi connectivity index (χ4v) is 3.26. The van der Waals surface area contributed by atoms with Crippen LogP contribution >= 0.6 is 11.3 Å². The molecule has 2 aromatic rings. The second-order valence-corrected chi connectivity index (χ2v) is 5.68. The van der Waals surface area contributed by atoms with Crippen molar-refractivity contribution in [2.24, 2.45) is 5.92 Å². The predicted molar refractivity (Wildman–Crippen MR) is 73.2 cm³/mol. The van der Waals surface area contributed by atoms with Crippen LogP contribution in [0.4, 0.5) is 0 Å². The highest BCUT2D eigenvalue weighted by molar-refractivity contribution is 7.17. The zero-order chi connectivity index (χ0) is 12.4. The average Bonchev–Trinajstić information content (AvgIpc) is 2.80. The molecule has 18 heavy (non-hydrogen) atoms. The molecule has 1 atom stereocenters. The van der Waals surface area contributed by atoms with Crippen LogP contribution in [0.1, 0.15) is 18.4 Å². The van der Waals surface area contributed by atoms with E-state index in [-0.39, 0.29) is 0 Å². The van der Waals surface area contributed by atoms with Gasteiger partial charge in [-0.15, -0.1) is 11.3 Å². The molecule has 2 aromatic heterocycles. The van der Waals surface area contributed by atoms with Gasteiger partial charge in [-0.1, -0.05) is 0 Å². The van der Waals surface area contributed by atoms with Crippen LogP contribution in [0.3, 0.4) is 0 Å². The van der Waals surface area contributed by atoms with Gasteiger partial charge in [0, 0.05) is 12.5 Å². The second kappa shape index (κ2) is 5.20. The van der Waals surface area contributed by atoms with Gasteiger partial charge < -0.3 is 10.1 Å². The Morgan fingerprint density at radius 3 is 3.28 bits per heavy atom. The summed E-state index contributed by atoms with van der Waals surface area (Å²) in [5, 5.41) is 5.51. The molecule has 1 fully saturated rings. The summed E-state index contributed by atoms with van der Waals surface area (Å²) in [6, 6.07) is 0. The first-order valence-electron chi connectivity index (χ1n) is 6.37. The van der Waals surface area contributed by atoms with Gasteiger partial charge in [-0.05, 0) is 37.3 Å². The van der Waals surface area contributed by atoms with Crippen LogP contribution < -0.4 is 10.1 Å². The summed E-state index contributed by atoms with van der Waals surface area (Å²) in [4.78, 5) is 8.56. The molecule has 0 saturated carbocycles. The molecular weight excluding hydrogens is 246 g/mol. The van der Waals surface area contributed by atoms with Crippen LogP contribution in [-0.2, 0) is 0 Å². The van der Waals surface area contributed by atoms with Crippen molar-refractivity contribution in [2.75, 3.05) is 19.7 Å². The molecule has 0 bridgehead atoms. The molecule has 0 spiro atoms. The summed E-state index contributed by atoms with van der Waals surface area (Å²) in [6.45, 7) is 5.01. The van der Waals surface area contributed by atoms with Gasteiger partial charge in [0.1, 0.15) is 11.0 Å². The Labute approximate surface area is 110 Å². The predicted octanol–water partition coefficient (Wildman–Crippen LogP) is 2.38. The number of hydrogen-bond acceptors (Lipinski definition) is 5. The summed E-state index contributed by atoms with van der Waals surface area (Å²) in [6.07, 6.45) is 4.08. The van der Waals surface area contributed by atoms with E-state index in [1.165, 1.54) is 18.4 Å². The van der Waals surface area contributed by atoms with E-state index in [9.17, 15) is 0 Å². The van der Waals surface area contributed by atoms with Crippen molar-refractivity contribution in [1.82, 2.24) is 15.3 Å². The van der Waals surface area contributed by atoms with Gasteiger partial charge in [-0.25, -0.2) is 9.97 Å². The molecule has 1 aliphatic heterocycles. The van der Waals surface area contributed by atoms with Gasteiger partial charge in [0.25, 0.3) is 0 Å². The first-order valence-corrected chi connectivity index (χ1v) is 7.25. The lowest BCUT2D eigenvalue weighted by molar-refractivity contribution is 0.214. The minimum Gasteiger partial charge on any atom is -0.476 e. The van der Waals surface area contributed by atoms with Crippen LogP contribution in [0.5, 0.6) is 5.88 Å². The zero-order valence-electron chi connectivity index (χ0n) is 10.5. The molecule has 5 heteroatoms. The first kappa shape index (κ1) is 11.9. The molecule has 1 N–H and O–H groups in total. The van der Waals surface area contributed by atoms with Gasteiger partial charge >= 0.3 is 0 Å². The Morgan fingerprint density at radius 2 is 2.44 bits per heavy atom. The Hall–Kier alpha value is -1.20. The van der Waals surface area contributed by atoms with E-state index in [0.29, 0.717) is 5.92 Å². The number of nitrogens with one attached hydrogen (secondary N) is 1. The molecule has 0 aliphatic carbocycles. The number of aryl methyl sites for hydroxylation is 1. The van der Waals surface area contributed by atoms with Crippen molar-refractivity contribution in [1.29, 1.82) is 0 Å². The third-order valence-corrected chi connectivity index (χ3v) is 4.43. The van der Waals surface area contributed by atoms with Crippen molar-refractivity contribution in [3.8, 4) is 5.88 Å². The number of aromatic nitrogens is 2. The molecule has 0 aromatic carbocycles. The molecule has 3 rings (SSSR count). The standard InChI is InChI=1S/C13H17N3OS/c1-9-7-18-12-11(9)15-8-16-13(12)17-6-10-3-2-4-14-5-10/h7-8,10,14H,2-6H2,1H3. The Bertz CT molecular complexity index is 534. The maximum atomic E-state index is 5.89. The highest BCUT2D eigenvalue weighted by Crippen LogP contribution is 2.30. The van der Waals surface area contributed by atoms with Crippen LogP contribution in [0.15, 0.2) is 11.7 Å². The summed E-state index contributed by atoms with van der Waals surface area (Å²) in [5.74, 6) is 1.34. The molecule has 0 amide bonds. The molecule has 1 saturated heterocycles. The van der Waals surface area contributed by atoms with E-state index in [1.807, 2.05) is 0 Å². The molecule has 96 valence electrons. The zero-order valence-corrected chi connectivity index (χ0v) is 11.3. The fraction of sp³-hybridized carbons (Fsp3) is 0.538. The summed E-state index contributed by atoms with van der Waals surface area (Å²) in [7, 11) is 0. The minimum atomic E-state index is 0.602. The third-order valence-electron chi connectivity index (χ3n) is 3.35. The minimum absolute atomic E-state index is 0.602. The number of piperidine rings is 1. The maximum Gasteiger partial charge on any atom is 0.234 e. The van der Waals surface area contributed by atoms with Crippen LogP contribution in [0, 0.1) is 12.8 Å². The largest absolute Gasteiger partial charge is 0.476 e. The molecule has 0 radical (unpaired) electrons. The van der Waals surface area contributed by atoms with Gasteiger partial charge in [0.2, 0.25) is 5.88 Å². The number of rotatable bonds is 3. The summed E-state index contributed by atoms with van der Waals surface area (Å²) >= 11 is 1.66. The molecular formula is C13H17N3OS. The number of thiophene rings is 1. The number of hydrogen-bond donors (Lipinski definition) is 1. The van der Waals surface area contributed by atoms with Gasteiger partial charge in [0.05, 0.1) is 12.1 Å². The van der Waals surface area contributed by atoms with Gasteiger partial charge in [0.15, 0.2) is 0 Å². The Morgan fingerprint density at radius 1 is 1.50 bits per heavy atom. The third kappa shape index (κ3) is 2.33. The van der Waals surface area contributed by atoms with E-state index < -0.39 is 0 Å². The first-order chi connectivity index (χ1) is 8.84. The molecule has 1 unspecified atom stereocenters. The van der Waals surface area contributed by atoms with E-state index in [0.717, 1.165) is 35.8 Å². The lowest BCUT2D eigenvalue weighted by Gasteiger charge is -2.22. The van der Waals surface area contributed by atoms with Crippen molar-refractivity contribution in [3.63, 3.8) is 0 Å². The summed E-state index contributed by atoms with van der Waals surface area (Å²) < 4.78 is 6.96. The van der Waals surface area contributed by atoms with Crippen LogP contribution in [-0.4, -0.2) is 29.7 Å². The number of fused-ring (bicyclic) bond motifs is 1. The van der Waals surface area contributed by atoms with E-state index in [2.05, 4.69) is 27.6 Å². The smallest absolute Gasteiger partial charge is 0.234 e. The highest BCUT2D eigenvalue weighted by atomic mass is 32.1. The summed E-state index contributed by atoms with van der Waals surface area (Å²) in [5.41, 5.74) is 2.22. The lowest BCUT2D eigenvalue weighted by atomic mass is 10.0. The van der Waals surface area contributed by atoms with Crippen LogP contribution in [0.2, 0.25) is 0 Å². The molecule has 4 nitrogen and oxygen atoms in total. The maximum absolute atomic E-state index is 5.89. The second-order valence-electron chi connectivity index (χ2n) is 4.80. The van der Waals surface area contributed by atoms with Crippen molar-refractivity contribution >= 4 is 21.6 Å². The van der Waals surface area contributed by atoms with Crippen molar-refractivity contribution in [3.05, 3.63) is 17.3 Å². The Balaban J connectivity index is 1.74. The number of ether oxygens (including phenoxy) is 1. The molecule has 3 heterocycles. The van der Waals surface area contributed by atoms with E-state index in [4.69, 9.17) is 4.74 Å². The van der Waals surface area contributed by atoms with Gasteiger partial charge in [-0.3, -0.25) is 0 Å². The lowest BCUT2D eigenvalue weighted by Crippen LogP contribution is -2.33. The monoisotopic (exact) mass is 263 g/mol. The SMILES string of the molecule is Cc1csc2c(OCC3CCCNC3)ncnc12. The number of nitrogens with zero attached hydrogens (tertiary/aromatic N) is 2. The average molecular weight is 263 g/mol. The quantitative estimate of drug-likeness (QED) is 0.923. The van der Waals surface area contributed by atoms with Gasteiger partial charge in [-0.2, -0.15) is 0 Å². The fourth-order valence-electron chi connectivity index (χ4n) is 2.31. The normalized spacial score (nSPS) is 20.2. The van der Waals surface area contributed by atoms with Crippen LogP contribution in [0.25, 0.3) is 10.2 Å².